The van der Waals surface area contributed by atoms with Crippen molar-refractivity contribution in [2.45, 2.75) is 84.0 Å². The Balaban J connectivity index is 1.33. The summed E-state index contributed by atoms with van der Waals surface area (Å²) in [6.45, 7) is 2.86. The normalized spacial score (nSPS) is 10.8. The van der Waals surface area contributed by atoms with Gasteiger partial charge < -0.3 is 15.2 Å². The first kappa shape index (κ1) is 39.9. The molecule has 0 aliphatic carbocycles. The second-order valence-corrected chi connectivity index (χ2v) is 11.9. The Hall–Kier alpha value is -4.58. The van der Waals surface area contributed by atoms with Gasteiger partial charge in [0.15, 0.2) is 0 Å². The number of aliphatic carboxylic acids is 1. The molecule has 0 aliphatic heterocycles. The number of ether oxygens (including phenoxy) is 1. The maximum absolute atomic E-state index is 13.1. The highest BCUT2D eigenvalue weighted by atomic mass is 16.7. The molecule has 11 heteroatoms. The zero-order valence-corrected chi connectivity index (χ0v) is 28.9. The van der Waals surface area contributed by atoms with Crippen molar-refractivity contribution < 1.29 is 38.7 Å². The molecule has 0 saturated heterocycles. The third kappa shape index (κ3) is 17.7. The van der Waals surface area contributed by atoms with Crippen molar-refractivity contribution in [1.82, 2.24) is 15.4 Å². The van der Waals surface area contributed by atoms with Crippen LogP contribution in [0, 0.1) is 0 Å². The Morgan fingerprint density at radius 1 is 0.540 bits per heavy atom. The van der Waals surface area contributed by atoms with Gasteiger partial charge in [-0.3, -0.25) is 28.9 Å². The smallest absolute Gasteiger partial charge is 0.303 e. The highest BCUT2D eigenvalue weighted by Crippen LogP contribution is 2.11. The quantitative estimate of drug-likeness (QED) is 0.0749. The number of nitrogens with zero attached hydrogens (tertiary/aromatic N) is 2. The highest BCUT2D eigenvalue weighted by molar-refractivity contribution is 5.83. The monoisotopic (exact) mass is 689 g/mol. The summed E-state index contributed by atoms with van der Waals surface area (Å²) in [5.41, 5.74) is 2.99. The minimum absolute atomic E-state index is 0.0347. The molecule has 3 rings (SSSR count). The predicted molar refractivity (Wildman–Crippen MR) is 189 cm³/mol. The average molecular weight is 690 g/mol. The van der Waals surface area contributed by atoms with E-state index < -0.39 is 5.97 Å². The number of rotatable bonds is 26. The lowest BCUT2D eigenvalue weighted by Crippen LogP contribution is -2.33. The van der Waals surface area contributed by atoms with Gasteiger partial charge in [-0.15, -0.1) is 0 Å². The van der Waals surface area contributed by atoms with Crippen LogP contribution in [-0.2, 0) is 53.4 Å². The van der Waals surface area contributed by atoms with Crippen LogP contribution in [0.5, 0.6) is 0 Å². The fourth-order valence-corrected chi connectivity index (χ4v) is 4.93. The van der Waals surface area contributed by atoms with E-state index in [9.17, 15) is 19.2 Å². The van der Waals surface area contributed by atoms with E-state index in [0.717, 1.165) is 42.4 Å². The second kappa shape index (κ2) is 24.5. The number of amides is 3. The first-order valence-corrected chi connectivity index (χ1v) is 17.5. The fourth-order valence-electron chi connectivity index (χ4n) is 4.93. The van der Waals surface area contributed by atoms with Crippen LogP contribution >= 0.6 is 0 Å². The molecule has 0 bridgehead atoms. The number of hydrogen-bond acceptors (Lipinski definition) is 7. The van der Waals surface area contributed by atoms with Gasteiger partial charge in [0.1, 0.15) is 13.2 Å². The molecule has 0 atom stereocenters. The maximum atomic E-state index is 13.1. The van der Waals surface area contributed by atoms with Gasteiger partial charge in [0.2, 0.25) is 17.7 Å². The van der Waals surface area contributed by atoms with Crippen LogP contribution in [0.3, 0.4) is 0 Å². The molecule has 11 nitrogen and oxygen atoms in total. The Kier molecular flexibility index (Phi) is 19.6. The van der Waals surface area contributed by atoms with Gasteiger partial charge >= 0.3 is 5.97 Å². The Labute approximate surface area is 295 Å². The standard InChI is InChI=1S/C39H51N3O8/c43-36(40-26-12-4-13-27-42(38(45)24-25-39(46)47)50-32-35-20-10-3-11-21-35)22-23-37(44)41(49-31-34-18-8-2-9-19-34)28-14-5-15-29-48-30-33-16-6-1-7-17-33/h1-3,6-11,16-21H,4-5,12-15,22-32H2,(H,40,43)(H,46,47). The van der Waals surface area contributed by atoms with Crippen molar-refractivity contribution in [2.24, 2.45) is 0 Å². The van der Waals surface area contributed by atoms with E-state index in [4.69, 9.17) is 19.5 Å². The topological polar surface area (TPSA) is 135 Å². The molecule has 3 amide bonds. The Morgan fingerprint density at radius 2 is 1.00 bits per heavy atom. The molecule has 0 aliphatic rings. The molecule has 0 spiro atoms. The molecule has 3 aromatic carbocycles. The van der Waals surface area contributed by atoms with Gasteiger partial charge in [0.05, 0.1) is 13.0 Å². The number of hydroxylamine groups is 4. The molecular weight excluding hydrogens is 638 g/mol. The van der Waals surface area contributed by atoms with Crippen LogP contribution in [0.15, 0.2) is 91.0 Å². The van der Waals surface area contributed by atoms with Gasteiger partial charge in [-0.1, -0.05) is 91.0 Å². The van der Waals surface area contributed by atoms with Crippen LogP contribution in [-0.4, -0.2) is 65.2 Å². The number of hydrogen-bond donors (Lipinski definition) is 2. The van der Waals surface area contributed by atoms with Gasteiger partial charge in [-0.05, 0) is 55.2 Å². The lowest BCUT2D eigenvalue weighted by Gasteiger charge is -2.22. The number of carboxylic acids is 1. The average Bonchev–Trinajstić information content (AvgIpc) is 3.14. The SMILES string of the molecule is O=C(O)CCC(=O)N(CCCCCNC(=O)CCC(=O)N(CCCCCOCc1ccccc1)OCc1ccccc1)OCc1ccccc1. The lowest BCUT2D eigenvalue weighted by molar-refractivity contribution is -0.192. The molecule has 0 saturated carbocycles. The summed E-state index contributed by atoms with van der Waals surface area (Å²) in [5.74, 6) is -1.87. The predicted octanol–water partition coefficient (Wildman–Crippen LogP) is 6.23. The lowest BCUT2D eigenvalue weighted by atomic mass is 10.2. The van der Waals surface area contributed by atoms with Crippen LogP contribution in [0.2, 0.25) is 0 Å². The summed E-state index contributed by atoms with van der Waals surface area (Å²) in [7, 11) is 0. The van der Waals surface area contributed by atoms with Crippen LogP contribution in [0.25, 0.3) is 0 Å². The summed E-state index contributed by atoms with van der Waals surface area (Å²) in [6.07, 6.45) is 4.20. The van der Waals surface area contributed by atoms with E-state index in [1.54, 1.807) is 0 Å². The Morgan fingerprint density at radius 3 is 1.50 bits per heavy atom. The van der Waals surface area contributed by atoms with Crippen molar-refractivity contribution in [2.75, 3.05) is 26.2 Å². The van der Waals surface area contributed by atoms with Crippen molar-refractivity contribution in [3.05, 3.63) is 108 Å². The number of nitrogens with one attached hydrogen (secondary N) is 1. The number of unbranched alkanes of at least 4 members (excludes halogenated alkanes) is 4. The summed E-state index contributed by atoms with van der Waals surface area (Å²) >= 11 is 0. The number of benzene rings is 3. The van der Waals surface area contributed by atoms with Crippen LogP contribution in [0.1, 0.15) is 80.9 Å². The highest BCUT2D eigenvalue weighted by Gasteiger charge is 2.18. The van der Waals surface area contributed by atoms with E-state index in [-0.39, 0.29) is 56.6 Å². The summed E-state index contributed by atoms with van der Waals surface area (Å²) in [5, 5.41) is 14.4. The molecule has 2 N–H and O–H groups in total. The third-order valence-electron chi connectivity index (χ3n) is 7.76. The van der Waals surface area contributed by atoms with Crippen molar-refractivity contribution in [3.63, 3.8) is 0 Å². The minimum atomic E-state index is -1.04. The zero-order valence-electron chi connectivity index (χ0n) is 28.9. The van der Waals surface area contributed by atoms with E-state index in [1.165, 1.54) is 10.1 Å². The molecule has 0 aromatic heterocycles. The first-order chi connectivity index (χ1) is 24.4. The Bertz CT molecular complexity index is 1390. The second-order valence-electron chi connectivity index (χ2n) is 11.9. The maximum Gasteiger partial charge on any atom is 0.303 e. The molecule has 50 heavy (non-hydrogen) atoms. The number of carbonyl (C=O) groups is 4. The first-order valence-electron chi connectivity index (χ1n) is 17.5. The van der Waals surface area contributed by atoms with E-state index in [2.05, 4.69) is 5.32 Å². The van der Waals surface area contributed by atoms with E-state index >= 15 is 0 Å². The molecule has 270 valence electrons. The van der Waals surface area contributed by atoms with Crippen molar-refractivity contribution in [1.29, 1.82) is 0 Å². The molecular formula is C39H51N3O8. The van der Waals surface area contributed by atoms with Gasteiger partial charge in [-0.2, -0.15) is 0 Å². The molecule has 0 heterocycles. The summed E-state index contributed by atoms with van der Waals surface area (Å²) in [4.78, 5) is 60.7. The summed E-state index contributed by atoms with van der Waals surface area (Å²) < 4.78 is 5.76. The fraction of sp³-hybridized carbons (Fsp3) is 0.436. The number of carbonyl (C=O) groups excluding carboxylic acids is 3. The zero-order chi connectivity index (χ0) is 35.7. The largest absolute Gasteiger partial charge is 0.481 e. The minimum Gasteiger partial charge on any atom is -0.481 e. The van der Waals surface area contributed by atoms with Gasteiger partial charge in [0, 0.05) is 45.5 Å². The third-order valence-corrected chi connectivity index (χ3v) is 7.76. The van der Waals surface area contributed by atoms with Gasteiger partial charge in [0.25, 0.3) is 0 Å². The molecule has 0 radical (unpaired) electrons. The molecule has 0 fully saturated rings. The van der Waals surface area contributed by atoms with Crippen LogP contribution in [0.4, 0.5) is 0 Å². The summed E-state index contributed by atoms with van der Waals surface area (Å²) in [6, 6.07) is 29.1. The molecule has 3 aromatic rings. The van der Waals surface area contributed by atoms with Crippen LogP contribution < -0.4 is 5.32 Å². The molecule has 0 unspecified atom stereocenters. The number of carboxylic acid groups (broad SMARTS) is 1. The van der Waals surface area contributed by atoms with E-state index in [1.807, 2.05) is 91.0 Å². The van der Waals surface area contributed by atoms with E-state index in [0.29, 0.717) is 45.7 Å². The van der Waals surface area contributed by atoms with Gasteiger partial charge in [-0.25, -0.2) is 10.1 Å². The van der Waals surface area contributed by atoms with Crippen molar-refractivity contribution in [3.8, 4) is 0 Å². The van der Waals surface area contributed by atoms with Crippen molar-refractivity contribution >= 4 is 23.7 Å².